The van der Waals surface area contributed by atoms with Crippen LogP contribution in [0, 0.1) is 0 Å². The van der Waals surface area contributed by atoms with E-state index in [1.165, 1.54) is 0 Å². The Balaban J connectivity index is 1.65. The highest BCUT2D eigenvalue weighted by atomic mass is 16.5. The lowest BCUT2D eigenvalue weighted by atomic mass is 10.1. The molecule has 0 aliphatic heterocycles. The van der Waals surface area contributed by atoms with Gasteiger partial charge < -0.3 is 9.26 Å². The number of aromatic nitrogens is 2. The number of aryl methyl sites for hydroxylation is 1. The van der Waals surface area contributed by atoms with E-state index in [4.69, 9.17) is 14.5 Å². The number of benzene rings is 2. The lowest BCUT2D eigenvalue weighted by Gasteiger charge is -2.08. The zero-order chi connectivity index (χ0) is 17.6. The summed E-state index contributed by atoms with van der Waals surface area (Å²) in [7, 11) is 0. The fraction of sp³-hybridized carbons (Fsp3) is 0.167. The summed E-state index contributed by atoms with van der Waals surface area (Å²) in [6, 6.07) is 14.2. The minimum atomic E-state index is -0.582. The van der Waals surface area contributed by atoms with E-state index in [1.54, 1.807) is 29.7 Å². The van der Waals surface area contributed by atoms with E-state index in [0.717, 1.165) is 11.1 Å². The van der Waals surface area contributed by atoms with Gasteiger partial charge in [-0.25, -0.2) is 5.48 Å². The molecule has 2 N–H and O–H groups in total. The molecular weight excluding hydrogens is 322 g/mol. The molecule has 25 heavy (non-hydrogen) atoms. The summed E-state index contributed by atoms with van der Waals surface area (Å²) in [6.07, 6.45) is 0.701. The fourth-order valence-electron chi connectivity index (χ4n) is 2.22. The molecule has 0 radical (unpaired) electrons. The van der Waals surface area contributed by atoms with Gasteiger partial charge in [0.25, 0.3) is 5.91 Å². The third kappa shape index (κ3) is 4.02. The predicted octanol–water partition coefficient (Wildman–Crippen LogP) is 3.00. The summed E-state index contributed by atoms with van der Waals surface area (Å²) < 4.78 is 10.8. The van der Waals surface area contributed by atoms with Crippen LogP contribution in [0.5, 0.6) is 5.75 Å². The highest BCUT2D eigenvalue weighted by Crippen LogP contribution is 2.19. The molecule has 7 nitrogen and oxygen atoms in total. The van der Waals surface area contributed by atoms with Gasteiger partial charge in [-0.05, 0) is 23.8 Å². The van der Waals surface area contributed by atoms with Crippen LogP contribution in [0.25, 0.3) is 11.4 Å². The average molecular weight is 339 g/mol. The molecule has 3 rings (SSSR count). The SMILES string of the molecule is CCc1nc(-c2ccc(COc3cccc(C(=O)NO)c3)cc2)no1. The number of nitrogens with zero attached hydrogens (tertiary/aromatic N) is 2. The van der Waals surface area contributed by atoms with Gasteiger partial charge >= 0.3 is 0 Å². The summed E-state index contributed by atoms with van der Waals surface area (Å²) in [6.45, 7) is 2.30. The molecule has 0 spiro atoms. The molecule has 0 saturated heterocycles. The number of nitrogens with one attached hydrogen (secondary N) is 1. The standard InChI is InChI=1S/C18H17N3O4/c1-2-16-19-17(21-25-16)13-8-6-12(7-9-13)11-24-15-5-3-4-14(10-15)18(22)20-23/h3-10,23H,2,11H2,1H3,(H,20,22). The Labute approximate surface area is 144 Å². The second kappa shape index (κ2) is 7.59. The Morgan fingerprint density at radius 2 is 2.04 bits per heavy atom. The molecule has 0 saturated carbocycles. The highest BCUT2D eigenvalue weighted by Gasteiger charge is 2.08. The van der Waals surface area contributed by atoms with Crippen molar-refractivity contribution in [3.8, 4) is 17.1 Å². The number of ether oxygens (including phenoxy) is 1. The second-order valence-corrected chi connectivity index (χ2v) is 5.32. The van der Waals surface area contributed by atoms with Crippen LogP contribution in [0.4, 0.5) is 0 Å². The third-order valence-corrected chi connectivity index (χ3v) is 3.59. The Morgan fingerprint density at radius 1 is 1.24 bits per heavy atom. The van der Waals surface area contributed by atoms with Crippen molar-refractivity contribution >= 4 is 5.91 Å². The van der Waals surface area contributed by atoms with Crippen LogP contribution in [0.3, 0.4) is 0 Å². The van der Waals surface area contributed by atoms with Crippen LogP contribution in [-0.4, -0.2) is 21.3 Å². The number of rotatable bonds is 6. The third-order valence-electron chi connectivity index (χ3n) is 3.59. The molecule has 3 aromatic rings. The van der Waals surface area contributed by atoms with Crippen LogP contribution in [-0.2, 0) is 13.0 Å². The highest BCUT2D eigenvalue weighted by molar-refractivity contribution is 5.93. The van der Waals surface area contributed by atoms with Crippen molar-refractivity contribution in [2.75, 3.05) is 0 Å². The maximum atomic E-state index is 11.4. The number of hydrogen-bond donors (Lipinski definition) is 2. The smallest absolute Gasteiger partial charge is 0.274 e. The summed E-state index contributed by atoms with van der Waals surface area (Å²) in [5, 5.41) is 12.6. The lowest BCUT2D eigenvalue weighted by Crippen LogP contribution is -2.18. The van der Waals surface area contributed by atoms with Gasteiger partial charge in [-0.15, -0.1) is 0 Å². The van der Waals surface area contributed by atoms with E-state index in [1.807, 2.05) is 31.2 Å². The van der Waals surface area contributed by atoms with Crippen LogP contribution < -0.4 is 10.2 Å². The molecule has 1 aromatic heterocycles. The number of carbonyl (C=O) groups excluding carboxylic acids is 1. The Kier molecular flexibility index (Phi) is 5.06. The number of hydroxylamine groups is 1. The quantitative estimate of drug-likeness (QED) is 0.529. The molecule has 1 amide bonds. The molecule has 0 fully saturated rings. The van der Waals surface area contributed by atoms with Gasteiger partial charge in [-0.3, -0.25) is 10.0 Å². The average Bonchev–Trinajstić information content (AvgIpc) is 3.15. The van der Waals surface area contributed by atoms with Crippen molar-refractivity contribution in [3.63, 3.8) is 0 Å². The van der Waals surface area contributed by atoms with Crippen molar-refractivity contribution in [2.24, 2.45) is 0 Å². The van der Waals surface area contributed by atoms with Crippen molar-refractivity contribution < 1.29 is 19.3 Å². The van der Waals surface area contributed by atoms with Gasteiger partial charge in [-0.1, -0.05) is 42.4 Å². The van der Waals surface area contributed by atoms with Gasteiger partial charge in [0.05, 0.1) is 0 Å². The molecule has 0 atom stereocenters. The predicted molar refractivity (Wildman–Crippen MR) is 89.1 cm³/mol. The van der Waals surface area contributed by atoms with Gasteiger partial charge in [-0.2, -0.15) is 4.98 Å². The van der Waals surface area contributed by atoms with E-state index < -0.39 is 5.91 Å². The zero-order valence-electron chi connectivity index (χ0n) is 13.6. The molecule has 0 unspecified atom stereocenters. The summed E-state index contributed by atoms with van der Waals surface area (Å²) >= 11 is 0. The summed E-state index contributed by atoms with van der Waals surface area (Å²) in [4.78, 5) is 15.7. The summed E-state index contributed by atoms with van der Waals surface area (Å²) in [5.41, 5.74) is 3.74. The monoisotopic (exact) mass is 339 g/mol. The van der Waals surface area contributed by atoms with Crippen molar-refractivity contribution in [3.05, 3.63) is 65.5 Å². The van der Waals surface area contributed by atoms with Crippen LogP contribution in [0.1, 0.15) is 28.7 Å². The number of hydrogen-bond acceptors (Lipinski definition) is 6. The molecule has 0 bridgehead atoms. The van der Waals surface area contributed by atoms with Crippen LogP contribution in [0.2, 0.25) is 0 Å². The number of amides is 1. The molecule has 0 aliphatic rings. The topological polar surface area (TPSA) is 97.5 Å². The minimum absolute atomic E-state index is 0.319. The first-order chi connectivity index (χ1) is 12.2. The van der Waals surface area contributed by atoms with Gasteiger partial charge in [0.15, 0.2) is 0 Å². The molecule has 2 aromatic carbocycles. The van der Waals surface area contributed by atoms with E-state index in [2.05, 4.69) is 10.1 Å². The van der Waals surface area contributed by atoms with Crippen molar-refractivity contribution in [1.82, 2.24) is 15.6 Å². The number of carbonyl (C=O) groups is 1. The maximum Gasteiger partial charge on any atom is 0.274 e. The van der Waals surface area contributed by atoms with E-state index in [9.17, 15) is 4.79 Å². The Bertz CT molecular complexity index is 859. The zero-order valence-corrected chi connectivity index (χ0v) is 13.6. The molecule has 0 aliphatic carbocycles. The fourth-order valence-corrected chi connectivity index (χ4v) is 2.22. The van der Waals surface area contributed by atoms with Crippen LogP contribution >= 0.6 is 0 Å². The van der Waals surface area contributed by atoms with Crippen molar-refractivity contribution in [1.29, 1.82) is 0 Å². The molecular formula is C18H17N3O4. The first-order valence-electron chi connectivity index (χ1n) is 7.78. The summed E-state index contributed by atoms with van der Waals surface area (Å²) in [5.74, 6) is 1.12. The van der Waals surface area contributed by atoms with E-state index in [0.29, 0.717) is 36.1 Å². The van der Waals surface area contributed by atoms with E-state index >= 15 is 0 Å². The Morgan fingerprint density at radius 3 is 2.72 bits per heavy atom. The van der Waals surface area contributed by atoms with Gasteiger partial charge in [0, 0.05) is 17.5 Å². The second-order valence-electron chi connectivity index (χ2n) is 5.32. The van der Waals surface area contributed by atoms with Gasteiger partial charge in [0.2, 0.25) is 11.7 Å². The van der Waals surface area contributed by atoms with E-state index in [-0.39, 0.29) is 0 Å². The van der Waals surface area contributed by atoms with Crippen molar-refractivity contribution in [2.45, 2.75) is 20.0 Å². The first kappa shape index (κ1) is 16.7. The normalized spacial score (nSPS) is 10.5. The molecule has 128 valence electrons. The lowest BCUT2D eigenvalue weighted by molar-refractivity contribution is 0.0706. The molecule has 1 heterocycles. The van der Waals surface area contributed by atoms with Gasteiger partial charge in [0.1, 0.15) is 12.4 Å². The maximum absolute atomic E-state index is 11.4. The van der Waals surface area contributed by atoms with Crippen LogP contribution in [0.15, 0.2) is 53.1 Å². The molecule has 7 heteroatoms. The minimum Gasteiger partial charge on any atom is -0.489 e. The first-order valence-corrected chi connectivity index (χ1v) is 7.78. The largest absolute Gasteiger partial charge is 0.489 e. The Hall–Kier alpha value is -3.19.